The number of carbonyl (C=O) groups is 1. The fourth-order valence-electron chi connectivity index (χ4n) is 2.46. The molecule has 1 fully saturated rings. The highest BCUT2D eigenvalue weighted by atomic mass is 32.2. The summed E-state index contributed by atoms with van der Waals surface area (Å²) in [5, 5.41) is 12.0. The van der Waals surface area contributed by atoms with Gasteiger partial charge < -0.3 is 10.4 Å². The molecule has 0 spiro atoms. The number of aliphatic hydroxyl groups excluding tert-OH is 1. The molecule has 1 heterocycles. The van der Waals surface area contributed by atoms with E-state index in [0.717, 1.165) is 25.3 Å². The first-order chi connectivity index (χ1) is 10.2. The molecule has 0 saturated carbocycles. The molecular weight excluding hydrogens is 284 g/mol. The Hall–Kier alpha value is -1.04. The van der Waals surface area contributed by atoms with Crippen LogP contribution in [-0.4, -0.2) is 54.5 Å². The summed E-state index contributed by atoms with van der Waals surface area (Å²) in [5.74, 6) is 1.31. The SMILES string of the molecule is Cc1ccc(SCCNC(=O)CN2CCC(CO)C2)cc1. The summed E-state index contributed by atoms with van der Waals surface area (Å²) in [6.45, 7) is 5.19. The molecule has 1 saturated heterocycles. The van der Waals surface area contributed by atoms with Crippen LogP contribution in [0.2, 0.25) is 0 Å². The van der Waals surface area contributed by atoms with Crippen LogP contribution in [0, 0.1) is 12.8 Å². The minimum atomic E-state index is 0.0816. The lowest BCUT2D eigenvalue weighted by Crippen LogP contribution is -2.37. The summed E-state index contributed by atoms with van der Waals surface area (Å²) in [5.41, 5.74) is 1.26. The van der Waals surface area contributed by atoms with E-state index in [-0.39, 0.29) is 12.5 Å². The minimum absolute atomic E-state index is 0.0816. The maximum absolute atomic E-state index is 11.8. The molecular formula is C16H24N2O2S. The van der Waals surface area contributed by atoms with E-state index in [1.54, 1.807) is 11.8 Å². The smallest absolute Gasteiger partial charge is 0.234 e. The molecule has 4 nitrogen and oxygen atoms in total. The van der Waals surface area contributed by atoms with Crippen LogP contribution in [0.1, 0.15) is 12.0 Å². The maximum atomic E-state index is 11.8. The number of nitrogens with one attached hydrogen (secondary N) is 1. The van der Waals surface area contributed by atoms with Gasteiger partial charge in [0.25, 0.3) is 0 Å². The first-order valence-corrected chi connectivity index (χ1v) is 8.45. The van der Waals surface area contributed by atoms with Gasteiger partial charge in [0.15, 0.2) is 0 Å². The molecule has 2 rings (SSSR count). The van der Waals surface area contributed by atoms with Gasteiger partial charge in [-0.2, -0.15) is 0 Å². The quantitative estimate of drug-likeness (QED) is 0.592. The molecule has 0 aliphatic carbocycles. The van der Waals surface area contributed by atoms with Crippen LogP contribution in [0.3, 0.4) is 0 Å². The van der Waals surface area contributed by atoms with Crippen LogP contribution < -0.4 is 5.32 Å². The Kier molecular flexibility index (Phi) is 6.54. The van der Waals surface area contributed by atoms with E-state index in [1.807, 2.05) is 0 Å². The monoisotopic (exact) mass is 308 g/mol. The lowest BCUT2D eigenvalue weighted by Gasteiger charge is -2.15. The number of amides is 1. The number of nitrogens with zero attached hydrogens (tertiary/aromatic N) is 1. The number of likely N-dealkylation sites (tertiary alicyclic amines) is 1. The van der Waals surface area contributed by atoms with E-state index in [9.17, 15) is 4.79 Å². The average Bonchev–Trinajstić information content (AvgIpc) is 2.93. The Morgan fingerprint density at radius 3 is 2.86 bits per heavy atom. The summed E-state index contributed by atoms with van der Waals surface area (Å²) < 4.78 is 0. The van der Waals surface area contributed by atoms with Crippen LogP contribution >= 0.6 is 11.8 Å². The molecule has 21 heavy (non-hydrogen) atoms. The number of benzene rings is 1. The largest absolute Gasteiger partial charge is 0.396 e. The number of aryl methyl sites for hydroxylation is 1. The summed E-state index contributed by atoms with van der Waals surface area (Å²) in [6.07, 6.45) is 0.993. The summed E-state index contributed by atoms with van der Waals surface area (Å²) in [6, 6.07) is 8.43. The van der Waals surface area contributed by atoms with Crippen LogP contribution in [0.5, 0.6) is 0 Å². The second kappa shape index (κ2) is 8.41. The van der Waals surface area contributed by atoms with E-state index >= 15 is 0 Å². The van der Waals surface area contributed by atoms with Crippen molar-refractivity contribution >= 4 is 17.7 Å². The molecule has 0 bridgehead atoms. The standard InChI is InChI=1S/C16H24N2O2S/c1-13-2-4-15(5-3-13)21-9-7-17-16(20)11-18-8-6-14(10-18)12-19/h2-5,14,19H,6-12H2,1H3,(H,17,20). The molecule has 1 aliphatic rings. The zero-order valence-electron chi connectivity index (χ0n) is 12.5. The Labute approximate surface area is 130 Å². The second-order valence-electron chi connectivity index (χ2n) is 5.58. The van der Waals surface area contributed by atoms with E-state index in [0.29, 0.717) is 19.0 Å². The third kappa shape index (κ3) is 5.69. The summed E-state index contributed by atoms with van der Waals surface area (Å²) in [7, 11) is 0. The van der Waals surface area contributed by atoms with E-state index in [2.05, 4.69) is 41.4 Å². The topological polar surface area (TPSA) is 52.6 Å². The van der Waals surface area contributed by atoms with Crippen molar-refractivity contribution in [3.8, 4) is 0 Å². The first kappa shape index (κ1) is 16.3. The molecule has 1 aromatic carbocycles. The first-order valence-electron chi connectivity index (χ1n) is 7.47. The molecule has 1 atom stereocenters. The summed E-state index contributed by atoms with van der Waals surface area (Å²) in [4.78, 5) is 15.2. The van der Waals surface area contributed by atoms with Gasteiger partial charge in [-0.1, -0.05) is 17.7 Å². The predicted molar refractivity (Wildman–Crippen MR) is 86.5 cm³/mol. The summed E-state index contributed by atoms with van der Waals surface area (Å²) >= 11 is 1.76. The molecule has 1 unspecified atom stereocenters. The van der Waals surface area contributed by atoms with Crippen molar-refractivity contribution in [3.05, 3.63) is 29.8 Å². The van der Waals surface area contributed by atoms with Gasteiger partial charge in [-0.25, -0.2) is 0 Å². The van der Waals surface area contributed by atoms with Gasteiger partial charge in [-0.05, 0) is 37.9 Å². The number of rotatable bonds is 7. The zero-order valence-corrected chi connectivity index (χ0v) is 13.4. The average molecular weight is 308 g/mol. The van der Waals surface area contributed by atoms with Gasteiger partial charge in [0, 0.05) is 30.3 Å². The van der Waals surface area contributed by atoms with Gasteiger partial charge in [-0.15, -0.1) is 11.8 Å². The predicted octanol–water partition coefficient (Wildman–Crippen LogP) is 1.52. The number of hydrogen-bond donors (Lipinski definition) is 2. The molecule has 1 amide bonds. The third-order valence-corrected chi connectivity index (χ3v) is 4.72. The van der Waals surface area contributed by atoms with E-state index < -0.39 is 0 Å². The van der Waals surface area contributed by atoms with Gasteiger partial charge in [-0.3, -0.25) is 9.69 Å². The van der Waals surface area contributed by atoms with Crippen molar-refractivity contribution in [1.29, 1.82) is 0 Å². The van der Waals surface area contributed by atoms with E-state index in [1.165, 1.54) is 10.5 Å². The van der Waals surface area contributed by atoms with Crippen LogP contribution in [0.15, 0.2) is 29.2 Å². The minimum Gasteiger partial charge on any atom is -0.396 e. The number of thioether (sulfide) groups is 1. The Bertz CT molecular complexity index is 450. The number of hydrogen-bond acceptors (Lipinski definition) is 4. The second-order valence-corrected chi connectivity index (χ2v) is 6.75. The van der Waals surface area contributed by atoms with Gasteiger partial charge in [0.05, 0.1) is 6.54 Å². The fourth-order valence-corrected chi connectivity index (χ4v) is 3.23. The molecule has 116 valence electrons. The zero-order chi connectivity index (χ0) is 15.1. The molecule has 2 N–H and O–H groups in total. The molecule has 1 aromatic rings. The molecule has 1 aliphatic heterocycles. The van der Waals surface area contributed by atoms with Crippen molar-refractivity contribution in [1.82, 2.24) is 10.2 Å². The molecule has 0 radical (unpaired) electrons. The van der Waals surface area contributed by atoms with Crippen LogP contribution in [0.4, 0.5) is 0 Å². The maximum Gasteiger partial charge on any atom is 0.234 e. The fraction of sp³-hybridized carbons (Fsp3) is 0.562. The lowest BCUT2D eigenvalue weighted by molar-refractivity contribution is -0.121. The Morgan fingerprint density at radius 1 is 1.43 bits per heavy atom. The Morgan fingerprint density at radius 2 is 2.19 bits per heavy atom. The van der Waals surface area contributed by atoms with Crippen LogP contribution in [-0.2, 0) is 4.79 Å². The number of aliphatic hydroxyl groups is 1. The van der Waals surface area contributed by atoms with Gasteiger partial charge in [0.2, 0.25) is 5.91 Å². The highest BCUT2D eigenvalue weighted by molar-refractivity contribution is 7.99. The van der Waals surface area contributed by atoms with Gasteiger partial charge in [0.1, 0.15) is 0 Å². The highest BCUT2D eigenvalue weighted by Gasteiger charge is 2.22. The lowest BCUT2D eigenvalue weighted by atomic mass is 10.1. The van der Waals surface area contributed by atoms with Crippen LogP contribution in [0.25, 0.3) is 0 Å². The van der Waals surface area contributed by atoms with E-state index in [4.69, 9.17) is 5.11 Å². The molecule has 0 aromatic heterocycles. The number of carbonyl (C=O) groups excluding carboxylic acids is 1. The van der Waals surface area contributed by atoms with Crippen molar-refractivity contribution in [3.63, 3.8) is 0 Å². The van der Waals surface area contributed by atoms with Gasteiger partial charge >= 0.3 is 0 Å². The van der Waals surface area contributed by atoms with Crippen molar-refractivity contribution in [2.75, 3.05) is 38.5 Å². The Balaban J connectivity index is 1.58. The highest BCUT2D eigenvalue weighted by Crippen LogP contribution is 2.17. The normalized spacial score (nSPS) is 18.9. The third-order valence-electron chi connectivity index (χ3n) is 3.71. The van der Waals surface area contributed by atoms with Crippen molar-refractivity contribution in [2.45, 2.75) is 18.2 Å². The van der Waals surface area contributed by atoms with Crippen molar-refractivity contribution in [2.24, 2.45) is 5.92 Å². The van der Waals surface area contributed by atoms with Crippen molar-refractivity contribution < 1.29 is 9.90 Å². The molecule has 5 heteroatoms.